The van der Waals surface area contributed by atoms with Crippen LogP contribution in [0.5, 0.6) is 5.75 Å². The summed E-state index contributed by atoms with van der Waals surface area (Å²) < 4.78 is 40.7. The third kappa shape index (κ3) is 5.12. The Labute approximate surface area is 111 Å². The predicted octanol–water partition coefficient (Wildman–Crippen LogP) is 2.73. The van der Waals surface area contributed by atoms with Gasteiger partial charge in [-0.25, -0.2) is 0 Å². The number of hydrogen-bond acceptors (Lipinski definition) is 3. The fourth-order valence-corrected chi connectivity index (χ4v) is 1.53. The molecule has 98 valence electrons. The number of halogens is 5. The summed E-state index contributed by atoms with van der Waals surface area (Å²) in [5.74, 6) is -0.325. The molecule has 0 aliphatic rings. The molecular formula is C9H11BrClF3N2O. The molecule has 0 aliphatic carbocycles. The van der Waals surface area contributed by atoms with E-state index in [9.17, 15) is 13.2 Å². The largest absolute Gasteiger partial charge is 0.573 e. The molecule has 0 aliphatic heterocycles. The summed E-state index contributed by atoms with van der Waals surface area (Å²) in [5.41, 5.74) is 11.1. The van der Waals surface area contributed by atoms with Crippen molar-refractivity contribution in [1.29, 1.82) is 0 Å². The second-order valence-corrected chi connectivity index (χ2v) is 3.99. The van der Waals surface area contributed by atoms with Crippen LogP contribution in [0.2, 0.25) is 0 Å². The van der Waals surface area contributed by atoms with Crippen molar-refractivity contribution in [2.24, 2.45) is 11.5 Å². The van der Waals surface area contributed by atoms with E-state index in [4.69, 9.17) is 11.5 Å². The molecule has 4 N–H and O–H groups in total. The van der Waals surface area contributed by atoms with Crippen LogP contribution in [-0.2, 0) is 0 Å². The number of rotatable bonds is 3. The van der Waals surface area contributed by atoms with Gasteiger partial charge in [0.05, 0.1) is 0 Å². The molecule has 0 unspecified atom stereocenters. The highest BCUT2D eigenvalue weighted by Gasteiger charge is 2.32. The summed E-state index contributed by atoms with van der Waals surface area (Å²) in [6, 6.07) is 3.39. The minimum absolute atomic E-state index is 0. The van der Waals surface area contributed by atoms with Gasteiger partial charge in [-0.05, 0) is 18.2 Å². The molecule has 0 heterocycles. The summed E-state index contributed by atoms with van der Waals surface area (Å²) in [4.78, 5) is 0. The molecule has 3 nitrogen and oxygen atoms in total. The molecule has 0 saturated heterocycles. The Morgan fingerprint density at radius 2 is 1.94 bits per heavy atom. The van der Waals surface area contributed by atoms with Crippen LogP contribution in [0.4, 0.5) is 13.2 Å². The van der Waals surface area contributed by atoms with Crippen LogP contribution in [-0.4, -0.2) is 12.9 Å². The van der Waals surface area contributed by atoms with Gasteiger partial charge in [0.1, 0.15) is 5.75 Å². The first-order chi connectivity index (χ1) is 7.33. The van der Waals surface area contributed by atoms with Crippen molar-refractivity contribution in [3.8, 4) is 5.75 Å². The third-order valence-corrected chi connectivity index (χ3v) is 2.34. The summed E-state index contributed by atoms with van der Waals surface area (Å²) in [7, 11) is 0. The minimum atomic E-state index is -4.74. The molecule has 0 radical (unpaired) electrons. The van der Waals surface area contributed by atoms with Crippen LogP contribution in [0.1, 0.15) is 11.6 Å². The van der Waals surface area contributed by atoms with Gasteiger partial charge in [0.2, 0.25) is 0 Å². The van der Waals surface area contributed by atoms with Crippen molar-refractivity contribution >= 4 is 28.3 Å². The van der Waals surface area contributed by atoms with Crippen LogP contribution in [0.25, 0.3) is 0 Å². The Kier molecular flexibility index (Phi) is 6.25. The van der Waals surface area contributed by atoms with E-state index >= 15 is 0 Å². The predicted molar refractivity (Wildman–Crippen MR) is 64.1 cm³/mol. The van der Waals surface area contributed by atoms with Crippen molar-refractivity contribution in [2.75, 3.05) is 6.54 Å². The average molecular weight is 336 g/mol. The summed E-state index contributed by atoms with van der Waals surface area (Å²) in [5, 5.41) is 0. The number of hydrogen-bond donors (Lipinski definition) is 2. The molecular weight excluding hydrogens is 324 g/mol. The molecule has 0 fully saturated rings. The first-order valence-electron chi connectivity index (χ1n) is 4.34. The normalized spacial score (nSPS) is 12.8. The first kappa shape index (κ1) is 16.5. The number of nitrogens with two attached hydrogens (primary N) is 2. The Bertz CT molecular complexity index is 376. The lowest BCUT2D eigenvalue weighted by Gasteiger charge is -2.17. The van der Waals surface area contributed by atoms with E-state index in [1.165, 1.54) is 18.2 Å². The van der Waals surface area contributed by atoms with Gasteiger partial charge in [0.15, 0.2) is 0 Å². The molecule has 0 amide bonds. The van der Waals surface area contributed by atoms with E-state index in [0.717, 1.165) is 0 Å². The van der Waals surface area contributed by atoms with Crippen molar-refractivity contribution in [1.82, 2.24) is 0 Å². The van der Waals surface area contributed by atoms with Gasteiger partial charge >= 0.3 is 6.36 Å². The summed E-state index contributed by atoms with van der Waals surface area (Å²) >= 11 is 3.14. The maximum absolute atomic E-state index is 12.1. The second-order valence-electron chi connectivity index (χ2n) is 3.07. The lowest BCUT2D eigenvalue weighted by atomic mass is 10.1. The van der Waals surface area contributed by atoms with Crippen molar-refractivity contribution in [2.45, 2.75) is 12.4 Å². The zero-order valence-electron chi connectivity index (χ0n) is 8.50. The van der Waals surface area contributed by atoms with E-state index < -0.39 is 12.4 Å². The average Bonchev–Trinajstić information content (AvgIpc) is 2.17. The smallest absolute Gasteiger partial charge is 0.405 e. The highest BCUT2D eigenvalue weighted by molar-refractivity contribution is 9.10. The minimum Gasteiger partial charge on any atom is -0.405 e. The van der Waals surface area contributed by atoms with Crippen LogP contribution in [0.3, 0.4) is 0 Å². The zero-order chi connectivity index (χ0) is 12.3. The zero-order valence-corrected chi connectivity index (χ0v) is 10.9. The molecule has 1 rings (SSSR count). The molecule has 1 atom stereocenters. The van der Waals surface area contributed by atoms with E-state index in [0.29, 0.717) is 4.47 Å². The lowest BCUT2D eigenvalue weighted by Crippen LogP contribution is -2.24. The monoisotopic (exact) mass is 334 g/mol. The molecule has 8 heteroatoms. The van der Waals surface area contributed by atoms with E-state index in [1.54, 1.807) is 0 Å². The van der Waals surface area contributed by atoms with Crippen molar-refractivity contribution in [3.63, 3.8) is 0 Å². The van der Waals surface area contributed by atoms with Gasteiger partial charge in [0, 0.05) is 22.6 Å². The molecule has 1 aromatic rings. The van der Waals surface area contributed by atoms with Crippen LogP contribution < -0.4 is 16.2 Å². The highest BCUT2D eigenvalue weighted by Crippen LogP contribution is 2.31. The maximum Gasteiger partial charge on any atom is 0.573 e. The fraction of sp³-hybridized carbons (Fsp3) is 0.333. The Morgan fingerprint density at radius 3 is 2.41 bits per heavy atom. The van der Waals surface area contributed by atoms with Gasteiger partial charge in [-0.1, -0.05) is 15.9 Å². The topological polar surface area (TPSA) is 61.3 Å². The van der Waals surface area contributed by atoms with E-state index in [-0.39, 0.29) is 30.3 Å². The molecule has 0 spiro atoms. The van der Waals surface area contributed by atoms with Crippen LogP contribution in [0, 0.1) is 0 Å². The number of alkyl halides is 3. The van der Waals surface area contributed by atoms with Gasteiger partial charge in [-0.15, -0.1) is 25.6 Å². The van der Waals surface area contributed by atoms with Gasteiger partial charge in [0.25, 0.3) is 0 Å². The SMILES string of the molecule is Cl.NC[C@H](N)c1cc(Br)ccc1OC(F)(F)F. The Morgan fingerprint density at radius 1 is 1.35 bits per heavy atom. The highest BCUT2D eigenvalue weighted by atomic mass is 79.9. The van der Waals surface area contributed by atoms with Gasteiger partial charge in [-0.3, -0.25) is 0 Å². The Hall–Kier alpha value is -0.500. The van der Waals surface area contributed by atoms with Crippen LogP contribution >= 0.6 is 28.3 Å². The van der Waals surface area contributed by atoms with Crippen molar-refractivity contribution in [3.05, 3.63) is 28.2 Å². The molecule has 0 aromatic heterocycles. The summed E-state index contributed by atoms with van der Waals surface area (Å²) in [6.45, 7) is 0.0324. The maximum atomic E-state index is 12.1. The molecule has 0 bridgehead atoms. The summed E-state index contributed by atoms with van der Waals surface area (Å²) in [6.07, 6.45) is -4.74. The number of benzene rings is 1. The second kappa shape index (κ2) is 6.44. The van der Waals surface area contributed by atoms with E-state index in [1.807, 2.05) is 0 Å². The first-order valence-corrected chi connectivity index (χ1v) is 5.13. The molecule has 1 aromatic carbocycles. The van der Waals surface area contributed by atoms with Crippen LogP contribution in [0.15, 0.2) is 22.7 Å². The van der Waals surface area contributed by atoms with Gasteiger partial charge in [-0.2, -0.15) is 0 Å². The van der Waals surface area contributed by atoms with Gasteiger partial charge < -0.3 is 16.2 Å². The molecule has 0 saturated carbocycles. The lowest BCUT2D eigenvalue weighted by molar-refractivity contribution is -0.275. The number of ether oxygens (including phenoxy) is 1. The van der Waals surface area contributed by atoms with E-state index in [2.05, 4.69) is 20.7 Å². The standard InChI is InChI=1S/C9H10BrF3N2O.ClH/c10-5-1-2-8(16-9(11,12)13)6(3-5)7(15)4-14;/h1-3,7H,4,14-15H2;1H/t7-;/m0./s1. The van der Waals surface area contributed by atoms with Crippen molar-refractivity contribution < 1.29 is 17.9 Å². The quantitative estimate of drug-likeness (QED) is 0.893. The Balaban J connectivity index is 0.00000256. The third-order valence-electron chi connectivity index (χ3n) is 1.85. The molecule has 17 heavy (non-hydrogen) atoms. The fourth-order valence-electron chi connectivity index (χ4n) is 1.15.